The van der Waals surface area contributed by atoms with Gasteiger partial charge in [0.2, 0.25) is 0 Å². The summed E-state index contributed by atoms with van der Waals surface area (Å²) in [7, 11) is 0. The molecule has 1 spiro atoms. The maximum absolute atomic E-state index is 13.1. The molecule has 1 nitrogen and oxygen atoms in total. The minimum absolute atomic E-state index is 0.00611. The molecule has 24 heavy (non-hydrogen) atoms. The van der Waals surface area contributed by atoms with Crippen LogP contribution in [-0.2, 0) is 0 Å². The monoisotopic (exact) mass is 339 g/mol. The van der Waals surface area contributed by atoms with E-state index in [1.54, 1.807) is 0 Å². The van der Waals surface area contributed by atoms with Gasteiger partial charge in [0.25, 0.3) is 5.92 Å². The van der Waals surface area contributed by atoms with Crippen molar-refractivity contribution in [3.8, 4) is 0 Å². The molecule has 1 saturated heterocycles. The molecule has 3 aliphatic rings. The fraction of sp³-hybridized carbons (Fsp3) is 0.905. The first kappa shape index (κ1) is 18.4. The van der Waals surface area contributed by atoms with E-state index >= 15 is 0 Å². The first-order valence-electron chi connectivity index (χ1n) is 10.0. The molecular formula is C21H35F2N. The average Bonchev–Trinajstić information content (AvgIpc) is 2.55. The third-order valence-corrected chi connectivity index (χ3v) is 7.86. The van der Waals surface area contributed by atoms with Crippen LogP contribution in [0.1, 0.15) is 78.6 Å². The third kappa shape index (κ3) is 3.30. The lowest BCUT2D eigenvalue weighted by Gasteiger charge is -2.55. The zero-order valence-corrected chi connectivity index (χ0v) is 15.8. The lowest BCUT2D eigenvalue weighted by atomic mass is 9.52. The predicted molar refractivity (Wildman–Crippen MR) is 96.4 cm³/mol. The first-order valence-corrected chi connectivity index (χ1v) is 10.0. The van der Waals surface area contributed by atoms with E-state index in [2.05, 4.69) is 27.4 Å². The molecule has 0 bridgehead atoms. The van der Waals surface area contributed by atoms with Crippen LogP contribution >= 0.6 is 0 Å². The van der Waals surface area contributed by atoms with Crippen molar-refractivity contribution >= 4 is 0 Å². The molecule has 0 radical (unpaired) electrons. The zero-order valence-electron chi connectivity index (χ0n) is 15.8. The fourth-order valence-corrected chi connectivity index (χ4v) is 5.65. The molecule has 3 rings (SSSR count). The van der Waals surface area contributed by atoms with Gasteiger partial charge in [-0.25, -0.2) is 8.78 Å². The van der Waals surface area contributed by atoms with Crippen LogP contribution in [0.5, 0.6) is 0 Å². The number of allylic oxidation sites excluding steroid dienone is 1. The quantitative estimate of drug-likeness (QED) is 0.564. The maximum Gasteiger partial charge on any atom is 0.272 e. The minimum atomic E-state index is -2.42. The highest BCUT2D eigenvalue weighted by Gasteiger charge is 2.51. The Kier molecular flexibility index (Phi) is 4.87. The van der Waals surface area contributed by atoms with E-state index in [0.717, 1.165) is 19.3 Å². The topological polar surface area (TPSA) is 3.24 Å². The zero-order chi connectivity index (χ0) is 17.6. The van der Waals surface area contributed by atoms with Gasteiger partial charge in [-0.3, -0.25) is 4.90 Å². The molecule has 138 valence electrons. The van der Waals surface area contributed by atoms with Gasteiger partial charge >= 0.3 is 0 Å². The number of rotatable bonds is 4. The summed E-state index contributed by atoms with van der Waals surface area (Å²) in [6.45, 7) is 11.4. The Morgan fingerprint density at radius 1 is 1.08 bits per heavy atom. The van der Waals surface area contributed by atoms with Crippen molar-refractivity contribution in [3.63, 3.8) is 0 Å². The fourth-order valence-electron chi connectivity index (χ4n) is 5.65. The highest BCUT2D eigenvalue weighted by molar-refractivity contribution is 5.11. The lowest BCUT2D eigenvalue weighted by Crippen LogP contribution is -2.61. The smallest absolute Gasteiger partial charge is 0.272 e. The van der Waals surface area contributed by atoms with E-state index in [1.165, 1.54) is 44.1 Å². The Hall–Kier alpha value is -0.440. The van der Waals surface area contributed by atoms with Gasteiger partial charge in [-0.1, -0.05) is 39.3 Å². The van der Waals surface area contributed by atoms with Crippen LogP contribution in [0.4, 0.5) is 8.78 Å². The van der Waals surface area contributed by atoms with Crippen LogP contribution in [0.15, 0.2) is 12.2 Å². The van der Waals surface area contributed by atoms with Crippen LogP contribution in [0.25, 0.3) is 0 Å². The normalized spacial score (nSPS) is 42.7. The van der Waals surface area contributed by atoms with Gasteiger partial charge in [-0.2, -0.15) is 0 Å². The summed E-state index contributed by atoms with van der Waals surface area (Å²) in [5.41, 5.74) is 2.30. The molecular weight excluding hydrogens is 304 g/mol. The van der Waals surface area contributed by atoms with Gasteiger partial charge in [0.05, 0.1) is 13.1 Å². The number of likely N-dealkylation sites (tertiary alicyclic amines) is 1. The van der Waals surface area contributed by atoms with E-state index < -0.39 is 5.92 Å². The largest absolute Gasteiger partial charge is 0.288 e. The molecule has 3 heteroatoms. The van der Waals surface area contributed by atoms with Crippen molar-refractivity contribution < 1.29 is 8.78 Å². The van der Waals surface area contributed by atoms with Crippen LogP contribution < -0.4 is 0 Å². The van der Waals surface area contributed by atoms with E-state index in [1.807, 2.05) is 4.90 Å². The van der Waals surface area contributed by atoms with Gasteiger partial charge in [-0.05, 0) is 68.1 Å². The number of hydrogen-bond acceptors (Lipinski definition) is 1. The molecule has 2 atom stereocenters. The summed E-state index contributed by atoms with van der Waals surface area (Å²) < 4.78 is 26.3. The van der Waals surface area contributed by atoms with Gasteiger partial charge < -0.3 is 0 Å². The lowest BCUT2D eigenvalue weighted by molar-refractivity contribution is -0.154. The SMILES string of the molecule is C=C(CC)C1CC2(CCC(N3CC(F)(F)C3)CC2)CCC1(C)CC. The van der Waals surface area contributed by atoms with Crippen molar-refractivity contribution in [1.82, 2.24) is 4.90 Å². The average molecular weight is 340 g/mol. The molecule has 3 fully saturated rings. The Bertz CT molecular complexity index is 470. The van der Waals surface area contributed by atoms with Crippen LogP contribution in [0.3, 0.4) is 0 Å². The van der Waals surface area contributed by atoms with Crippen LogP contribution in [0.2, 0.25) is 0 Å². The van der Waals surface area contributed by atoms with Crippen molar-refractivity contribution in [1.29, 1.82) is 0 Å². The highest BCUT2D eigenvalue weighted by Crippen LogP contribution is 2.58. The van der Waals surface area contributed by atoms with Gasteiger partial charge in [0.1, 0.15) is 0 Å². The molecule has 0 aromatic carbocycles. The summed E-state index contributed by atoms with van der Waals surface area (Å²) in [5, 5.41) is 0. The van der Waals surface area contributed by atoms with Crippen molar-refractivity contribution in [2.75, 3.05) is 13.1 Å². The Balaban J connectivity index is 1.62. The third-order valence-electron chi connectivity index (χ3n) is 7.86. The summed E-state index contributed by atoms with van der Waals surface area (Å²) >= 11 is 0. The summed E-state index contributed by atoms with van der Waals surface area (Å²) in [6.07, 6.45) is 10.9. The van der Waals surface area contributed by atoms with E-state index in [-0.39, 0.29) is 13.1 Å². The second-order valence-corrected chi connectivity index (χ2v) is 9.27. The summed E-state index contributed by atoms with van der Waals surface area (Å²) in [5.74, 6) is -1.78. The molecule has 2 saturated carbocycles. The summed E-state index contributed by atoms with van der Waals surface area (Å²) in [6, 6.07) is 0.405. The molecule has 2 aliphatic carbocycles. The second-order valence-electron chi connectivity index (χ2n) is 9.27. The van der Waals surface area contributed by atoms with Crippen molar-refractivity contribution in [3.05, 3.63) is 12.2 Å². The van der Waals surface area contributed by atoms with Crippen LogP contribution in [-0.4, -0.2) is 30.0 Å². The number of alkyl halides is 2. The highest BCUT2D eigenvalue weighted by atomic mass is 19.3. The Morgan fingerprint density at radius 2 is 1.71 bits per heavy atom. The first-order chi connectivity index (χ1) is 11.2. The molecule has 1 heterocycles. The van der Waals surface area contributed by atoms with Gasteiger partial charge in [-0.15, -0.1) is 0 Å². The maximum atomic E-state index is 13.1. The molecule has 0 N–H and O–H groups in total. The number of halogens is 2. The van der Waals surface area contributed by atoms with Gasteiger partial charge in [0.15, 0.2) is 0 Å². The van der Waals surface area contributed by atoms with E-state index in [9.17, 15) is 8.78 Å². The molecule has 0 aromatic heterocycles. The minimum Gasteiger partial charge on any atom is -0.288 e. The van der Waals surface area contributed by atoms with E-state index in [0.29, 0.717) is 22.8 Å². The Labute approximate surface area is 146 Å². The molecule has 0 amide bonds. The molecule has 0 aromatic rings. The summed E-state index contributed by atoms with van der Waals surface area (Å²) in [4.78, 5) is 2.02. The number of hydrogen-bond donors (Lipinski definition) is 0. The second kappa shape index (κ2) is 6.37. The predicted octanol–water partition coefficient (Wildman–Crippen LogP) is 6.05. The van der Waals surface area contributed by atoms with E-state index in [4.69, 9.17) is 0 Å². The molecule has 2 unspecified atom stereocenters. The van der Waals surface area contributed by atoms with Gasteiger partial charge in [0, 0.05) is 6.04 Å². The Morgan fingerprint density at radius 3 is 2.21 bits per heavy atom. The standard InChI is InChI=1S/C21H35F2N/c1-5-16(3)18-13-20(12-11-19(18,4)6-2)9-7-17(8-10-20)24-14-21(22,23)15-24/h17-18H,3,5-15H2,1-2,4H3. The number of nitrogens with zero attached hydrogens (tertiary/aromatic N) is 1. The molecule has 1 aliphatic heterocycles. The van der Waals surface area contributed by atoms with Crippen LogP contribution in [0, 0.1) is 16.7 Å². The van der Waals surface area contributed by atoms with Crippen molar-refractivity contribution in [2.45, 2.75) is 90.5 Å². The van der Waals surface area contributed by atoms with Crippen molar-refractivity contribution in [2.24, 2.45) is 16.7 Å².